The van der Waals surface area contributed by atoms with Crippen LogP contribution in [0, 0.1) is 0 Å². The second-order valence-corrected chi connectivity index (χ2v) is 18.7. The van der Waals surface area contributed by atoms with Crippen molar-refractivity contribution in [3.63, 3.8) is 0 Å². The summed E-state index contributed by atoms with van der Waals surface area (Å²) in [7, 11) is -3.96. The third-order valence-electron chi connectivity index (χ3n) is 2.90. The summed E-state index contributed by atoms with van der Waals surface area (Å²) in [4.78, 5) is 11.2. The van der Waals surface area contributed by atoms with Crippen LogP contribution in [0.15, 0.2) is 12.2 Å². The van der Waals surface area contributed by atoms with Crippen molar-refractivity contribution in [2.24, 2.45) is 0 Å². The Balaban J connectivity index is 3.74. The summed E-state index contributed by atoms with van der Waals surface area (Å²) in [5.41, 5.74) is 1.67. The highest BCUT2D eigenvalue weighted by Crippen LogP contribution is 2.14. The number of rotatable bonds is 11. The summed E-state index contributed by atoms with van der Waals surface area (Å²) in [5.74, 6) is -0.290. The number of ether oxygens (including phenoxy) is 1. The molecule has 0 bridgehead atoms. The highest BCUT2D eigenvalue weighted by Gasteiger charge is 2.26. The van der Waals surface area contributed by atoms with Gasteiger partial charge in [-0.15, -0.1) is 0 Å². The molecule has 0 amide bonds. The molecule has 8 heteroatoms. The number of carbonyl (C=O) groups is 1. The van der Waals surface area contributed by atoms with E-state index in [0.29, 0.717) is 12.2 Å². The maximum Gasteiger partial charge on any atom is 0.333 e. The molecule has 1 atom stereocenters. The van der Waals surface area contributed by atoms with E-state index in [-0.39, 0.29) is 5.97 Å². The maximum atomic E-state index is 11.2. The van der Waals surface area contributed by atoms with Gasteiger partial charge in [-0.3, -0.25) is 0 Å². The first-order valence-corrected chi connectivity index (χ1v) is 17.7. The summed E-state index contributed by atoms with van der Waals surface area (Å²) in [6.45, 7) is 17.1. The van der Waals surface area contributed by atoms with Gasteiger partial charge in [0.15, 0.2) is 26.4 Å². The maximum absolute atomic E-state index is 11.2. The van der Waals surface area contributed by atoms with E-state index in [4.69, 9.17) is 13.0 Å². The minimum absolute atomic E-state index is 0.290. The van der Waals surface area contributed by atoms with Crippen LogP contribution in [0.1, 0.15) is 13.3 Å². The van der Waals surface area contributed by atoms with E-state index in [1.807, 2.05) is 0 Å². The quantitative estimate of drug-likeness (QED) is 0.244. The van der Waals surface area contributed by atoms with Gasteiger partial charge in [0.25, 0.3) is 0 Å². The average Bonchev–Trinajstić information content (AvgIpc) is 2.30. The standard InChI is InChI=1S/C13H32O4Si4/c1-12(2)13(14)15-9-8-10-18-16-21(6,7)11-20(5)17-19(3)4/h19-20H,1,8-11,18H2,2-7H3. The third kappa shape index (κ3) is 12.2. The van der Waals surface area contributed by atoms with Crippen molar-refractivity contribution in [1.29, 1.82) is 0 Å². The smallest absolute Gasteiger partial charge is 0.333 e. The third-order valence-corrected chi connectivity index (χ3v) is 17.9. The van der Waals surface area contributed by atoms with E-state index < -0.39 is 36.2 Å². The predicted octanol–water partition coefficient (Wildman–Crippen LogP) is 2.11. The summed E-state index contributed by atoms with van der Waals surface area (Å²) in [6.07, 6.45) is 0.901. The molecular weight excluding hydrogens is 332 g/mol. The zero-order valence-electron chi connectivity index (χ0n) is 14.5. The van der Waals surface area contributed by atoms with Crippen molar-refractivity contribution in [3.8, 4) is 0 Å². The molecule has 0 rings (SSSR count). The van der Waals surface area contributed by atoms with Crippen LogP contribution in [-0.2, 0) is 17.8 Å². The molecular formula is C13H32O4Si4. The normalized spacial score (nSPS) is 13.9. The molecule has 124 valence electrons. The van der Waals surface area contributed by atoms with Crippen LogP contribution in [0.2, 0.25) is 44.4 Å². The van der Waals surface area contributed by atoms with Crippen molar-refractivity contribution in [1.82, 2.24) is 0 Å². The molecule has 0 radical (unpaired) electrons. The topological polar surface area (TPSA) is 44.8 Å². The van der Waals surface area contributed by atoms with E-state index in [9.17, 15) is 4.79 Å². The van der Waals surface area contributed by atoms with Crippen molar-refractivity contribution in [2.75, 3.05) is 6.61 Å². The SMILES string of the molecule is C=C(C)C(=O)OCCC[SiH2]O[Si](C)(C)C[SiH](C)O[SiH](C)C. The molecule has 21 heavy (non-hydrogen) atoms. The first-order chi connectivity index (χ1) is 9.64. The van der Waals surface area contributed by atoms with E-state index in [1.54, 1.807) is 6.92 Å². The zero-order chi connectivity index (χ0) is 16.5. The first kappa shape index (κ1) is 21.0. The lowest BCUT2D eigenvalue weighted by atomic mass is 10.4. The first-order valence-electron chi connectivity index (χ1n) is 7.76. The molecule has 0 heterocycles. The van der Waals surface area contributed by atoms with Gasteiger partial charge in [-0.25, -0.2) is 4.79 Å². The van der Waals surface area contributed by atoms with Crippen LogP contribution in [0.4, 0.5) is 0 Å². The van der Waals surface area contributed by atoms with Crippen molar-refractivity contribution >= 4 is 42.1 Å². The van der Waals surface area contributed by atoms with Gasteiger partial charge < -0.3 is 13.0 Å². The number of hydrogen-bond acceptors (Lipinski definition) is 4. The minimum Gasteiger partial charge on any atom is -0.462 e. The van der Waals surface area contributed by atoms with Gasteiger partial charge in [0.1, 0.15) is 9.76 Å². The van der Waals surface area contributed by atoms with Crippen LogP contribution < -0.4 is 0 Å². The Morgan fingerprint density at radius 1 is 1.29 bits per heavy atom. The Kier molecular flexibility index (Phi) is 10.7. The van der Waals surface area contributed by atoms with Crippen molar-refractivity contribution in [2.45, 2.75) is 57.8 Å². The van der Waals surface area contributed by atoms with Crippen LogP contribution in [-0.4, -0.2) is 48.7 Å². The molecule has 0 aromatic carbocycles. The van der Waals surface area contributed by atoms with Crippen molar-refractivity contribution < 1.29 is 17.8 Å². The summed E-state index contributed by atoms with van der Waals surface area (Å²) in [6, 6.07) is 1.07. The van der Waals surface area contributed by atoms with E-state index >= 15 is 0 Å². The number of esters is 1. The Hall–Kier alpha value is -0.00247. The lowest BCUT2D eigenvalue weighted by Gasteiger charge is -2.27. The van der Waals surface area contributed by atoms with Crippen LogP contribution in [0.3, 0.4) is 0 Å². The van der Waals surface area contributed by atoms with Crippen molar-refractivity contribution in [3.05, 3.63) is 12.2 Å². The molecule has 0 spiro atoms. The molecule has 0 saturated carbocycles. The fourth-order valence-corrected chi connectivity index (χ4v) is 17.3. The molecule has 1 unspecified atom stereocenters. The Morgan fingerprint density at radius 2 is 1.90 bits per heavy atom. The molecule has 0 saturated heterocycles. The van der Waals surface area contributed by atoms with Gasteiger partial charge in [-0.05, 0) is 57.8 Å². The average molecular weight is 365 g/mol. The molecule has 0 aliphatic carbocycles. The summed E-state index contributed by atoms with van der Waals surface area (Å²) >= 11 is 0. The lowest BCUT2D eigenvalue weighted by molar-refractivity contribution is -0.138. The number of carbonyl (C=O) groups excluding carboxylic acids is 1. The molecule has 0 fully saturated rings. The fraction of sp³-hybridized carbons (Fsp3) is 0.769. The summed E-state index contributed by atoms with van der Waals surface area (Å²) < 4.78 is 17.4. The molecule has 4 nitrogen and oxygen atoms in total. The van der Waals surface area contributed by atoms with Crippen LogP contribution in [0.5, 0.6) is 0 Å². The van der Waals surface area contributed by atoms with E-state index in [0.717, 1.165) is 12.5 Å². The molecule has 0 aliphatic rings. The van der Waals surface area contributed by atoms with E-state index in [1.165, 1.54) is 5.67 Å². The summed E-state index contributed by atoms with van der Waals surface area (Å²) in [5, 5.41) is 0. The van der Waals surface area contributed by atoms with Crippen LogP contribution in [0.25, 0.3) is 0 Å². The molecule has 0 aliphatic heterocycles. The highest BCUT2D eigenvalue weighted by atomic mass is 28.4. The van der Waals surface area contributed by atoms with Gasteiger partial charge >= 0.3 is 5.97 Å². The predicted molar refractivity (Wildman–Crippen MR) is 100 cm³/mol. The van der Waals surface area contributed by atoms with Gasteiger partial charge in [0.05, 0.1) is 6.61 Å². The van der Waals surface area contributed by atoms with Gasteiger partial charge in [-0.1, -0.05) is 6.58 Å². The van der Waals surface area contributed by atoms with Gasteiger partial charge in [0.2, 0.25) is 0 Å². The highest BCUT2D eigenvalue weighted by molar-refractivity contribution is 6.85. The monoisotopic (exact) mass is 364 g/mol. The molecule has 0 aromatic rings. The Morgan fingerprint density at radius 3 is 2.43 bits per heavy atom. The zero-order valence-corrected chi connectivity index (χ0v) is 19.3. The Labute approximate surface area is 136 Å². The lowest BCUT2D eigenvalue weighted by Crippen LogP contribution is -2.39. The molecule has 0 N–H and O–H groups in total. The van der Waals surface area contributed by atoms with Gasteiger partial charge in [-0.2, -0.15) is 0 Å². The van der Waals surface area contributed by atoms with E-state index in [2.05, 4.69) is 39.3 Å². The molecule has 0 aromatic heterocycles. The largest absolute Gasteiger partial charge is 0.462 e. The minimum atomic E-state index is -1.53. The number of hydrogen-bond donors (Lipinski definition) is 0. The second kappa shape index (κ2) is 10.7. The Bertz CT molecular complexity index is 334. The second-order valence-electron chi connectivity index (χ2n) is 6.43. The fourth-order valence-electron chi connectivity index (χ4n) is 2.10. The van der Waals surface area contributed by atoms with Crippen LogP contribution >= 0.6 is 0 Å². The van der Waals surface area contributed by atoms with Gasteiger partial charge in [0, 0.05) is 5.57 Å².